The highest BCUT2D eigenvalue weighted by Gasteiger charge is 2.15. The number of nitro benzene ring substituents is 1. The van der Waals surface area contributed by atoms with Crippen LogP contribution in [-0.4, -0.2) is 22.4 Å². The van der Waals surface area contributed by atoms with Gasteiger partial charge in [0.1, 0.15) is 0 Å². The number of nitrogens with one attached hydrogen (secondary N) is 2. The summed E-state index contributed by atoms with van der Waals surface area (Å²) < 4.78 is 0. The summed E-state index contributed by atoms with van der Waals surface area (Å²) in [6.45, 7) is 5.77. The van der Waals surface area contributed by atoms with Gasteiger partial charge in [0, 0.05) is 23.5 Å². The molecule has 0 spiro atoms. The van der Waals surface area contributed by atoms with Crippen molar-refractivity contribution in [3.63, 3.8) is 0 Å². The molecule has 0 unspecified atom stereocenters. The van der Waals surface area contributed by atoms with E-state index in [4.69, 9.17) is 11.6 Å². The summed E-state index contributed by atoms with van der Waals surface area (Å²) in [6, 6.07) is 11.1. The fraction of sp³-hybridized carbons (Fsp3) is 0.250. The van der Waals surface area contributed by atoms with Crippen molar-refractivity contribution in [2.24, 2.45) is 5.10 Å². The molecule has 0 saturated carbocycles. The van der Waals surface area contributed by atoms with E-state index >= 15 is 0 Å². The molecule has 152 valence electrons. The van der Waals surface area contributed by atoms with Gasteiger partial charge in [-0.3, -0.25) is 19.7 Å². The van der Waals surface area contributed by atoms with Crippen LogP contribution in [0.3, 0.4) is 0 Å². The maximum absolute atomic E-state index is 12.1. The van der Waals surface area contributed by atoms with E-state index in [-0.39, 0.29) is 28.6 Å². The summed E-state index contributed by atoms with van der Waals surface area (Å²) in [7, 11) is 0. The molecule has 9 heteroatoms. The van der Waals surface area contributed by atoms with E-state index in [9.17, 15) is 19.7 Å². The average Bonchev–Trinajstić information content (AvgIpc) is 2.66. The van der Waals surface area contributed by atoms with Gasteiger partial charge in [0.2, 0.25) is 5.91 Å². The molecule has 2 amide bonds. The fourth-order valence-electron chi connectivity index (χ4n) is 2.44. The van der Waals surface area contributed by atoms with Gasteiger partial charge in [-0.25, -0.2) is 5.43 Å². The Labute approximate surface area is 173 Å². The normalized spacial score (nSPS) is 11.3. The number of nitro groups is 1. The highest BCUT2D eigenvalue weighted by Crippen LogP contribution is 2.22. The van der Waals surface area contributed by atoms with E-state index < -0.39 is 10.8 Å². The predicted molar refractivity (Wildman–Crippen MR) is 112 cm³/mol. The lowest BCUT2D eigenvalue weighted by Crippen LogP contribution is -2.21. The summed E-state index contributed by atoms with van der Waals surface area (Å²) >= 11 is 5.91. The number of hydrogen-bond donors (Lipinski definition) is 2. The lowest BCUT2D eigenvalue weighted by molar-refractivity contribution is -0.384. The van der Waals surface area contributed by atoms with Crippen molar-refractivity contribution in [2.75, 3.05) is 5.32 Å². The molecular weight excluding hydrogens is 396 g/mol. The van der Waals surface area contributed by atoms with Crippen molar-refractivity contribution >= 4 is 40.5 Å². The van der Waals surface area contributed by atoms with Crippen LogP contribution in [0.4, 0.5) is 11.4 Å². The first-order valence-electron chi connectivity index (χ1n) is 8.84. The number of hydrogen-bond acceptors (Lipinski definition) is 5. The third kappa shape index (κ3) is 6.39. The van der Waals surface area contributed by atoms with Crippen LogP contribution in [0.25, 0.3) is 0 Å². The van der Waals surface area contributed by atoms with Gasteiger partial charge in [-0.05, 0) is 36.6 Å². The molecule has 8 nitrogen and oxygen atoms in total. The van der Waals surface area contributed by atoms with Gasteiger partial charge in [0.25, 0.3) is 11.6 Å². The summed E-state index contributed by atoms with van der Waals surface area (Å²) in [5.74, 6) is -0.498. The molecular formula is C20H21ClN4O4. The second-order valence-corrected chi connectivity index (χ2v) is 7.12. The van der Waals surface area contributed by atoms with Gasteiger partial charge in [-0.1, -0.05) is 37.6 Å². The number of rotatable bonds is 7. The number of benzene rings is 2. The molecule has 2 rings (SSSR count). The summed E-state index contributed by atoms with van der Waals surface area (Å²) in [4.78, 5) is 34.4. The lowest BCUT2D eigenvalue weighted by atomic mass is 10.0. The van der Waals surface area contributed by atoms with Crippen molar-refractivity contribution < 1.29 is 14.5 Å². The fourth-order valence-corrected chi connectivity index (χ4v) is 2.70. The van der Waals surface area contributed by atoms with Crippen LogP contribution in [0.5, 0.6) is 0 Å². The topological polar surface area (TPSA) is 114 Å². The quantitative estimate of drug-likeness (QED) is 0.392. The van der Waals surface area contributed by atoms with Crippen molar-refractivity contribution in [3.05, 3.63) is 68.7 Å². The molecule has 0 heterocycles. The standard InChI is InChI=1S/C20H21ClN4O4/c1-12(2)14-4-6-15(7-5-14)22-19(26)10-13(3)23-24-20(27)17-9-8-16(25(28)29)11-18(17)21/h4-9,11-12H,10H2,1-3H3,(H,22,26)(H,24,27)/b23-13-. The molecule has 0 aromatic heterocycles. The van der Waals surface area contributed by atoms with Crippen molar-refractivity contribution in [3.8, 4) is 0 Å². The van der Waals surface area contributed by atoms with Crippen molar-refractivity contribution in [1.82, 2.24) is 5.43 Å². The molecule has 0 fully saturated rings. The van der Waals surface area contributed by atoms with Crippen molar-refractivity contribution in [2.45, 2.75) is 33.1 Å². The maximum Gasteiger partial charge on any atom is 0.272 e. The first-order chi connectivity index (χ1) is 13.7. The summed E-state index contributed by atoms with van der Waals surface area (Å²) in [6.07, 6.45) is -0.0137. The molecule has 0 aliphatic rings. The van der Waals surface area contributed by atoms with E-state index in [0.717, 1.165) is 6.07 Å². The predicted octanol–water partition coefficient (Wildman–Crippen LogP) is 4.51. The molecule has 0 atom stereocenters. The Morgan fingerprint density at radius 1 is 1.17 bits per heavy atom. The Morgan fingerprint density at radius 3 is 2.38 bits per heavy atom. The Bertz CT molecular complexity index is 955. The number of carbonyl (C=O) groups excluding carboxylic acids is 2. The number of amides is 2. The number of non-ortho nitro benzene ring substituents is 1. The molecule has 0 aliphatic heterocycles. The SMILES string of the molecule is C/C(CC(=O)Nc1ccc(C(C)C)cc1)=N/NC(=O)c1ccc([N+](=O)[O-])cc1Cl. The number of halogens is 1. The van der Waals surface area contributed by atoms with Gasteiger partial charge >= 0.3 is 0 Å². The minimum absolute atomic E-state index is 0.0137. The second-order valence-electron chi connectivity index (χ2n) is 6.71. The first-order valence-corrected chi connectivity index (χ1v) is 9.22. The van der Waals surface area contributed by atoms with Crippen LogP contribution in [0.2, 0.25) is 5.02 Å². The number of anilines is 1. The van der Waals surface area contributed by atoms with Gasteiger partial charge in [-0.2, -0.15) is 5.10 Å². The second kappa shape index (κ2) is 9.79. The molecule has 0 aliphatic carbocycles. The monoisotopic (exact) mass is 416 g/mol. The Balaban J connectivity index is 1.93. The summed E-state index contributed by atoms with van der Waals surface area (Å²) in [5.41, 5.74) is 4.35. The zero-order chi connectivity index (χ0) is 21.6. The number of carbonyl (C=O) groups is 2. The summed E-state index contributed by atoms with van der Waals surface area (Å²) in [5, 5.41) is 17.3. The van der Waals surface area contributed by atoms with E-state index in [1.807, 2.05) is 24.3 Å². The average molecular weight is 417 g/mol. The first kappa shape index (κ1) is 22.0. The molecule has 2 aromatic carbocycles. The van der Waals surface area contributed by atoms with Crippen LogP contribution in [-0.2, 0) is 4.79 Å². The molecule has 29 heavy (non-hydrogen) atoms. The van der Waals surface area contributed by atoms with Crippen LogP contribution >= 0.6 is 11.6 Å². The van der Waals surface area contributed by atoms with E-state index in [0.29, 0.717) is 17.3 Å². The van der Waals surface area contributed by atoms with Crippen molar-refractivity contribution in [1.29, 1.82) is 0 Å². The molecule has 0 saturated heterocycles. The highest BCUT2D eigenvalue weighted by molar-refractivity contribution is 6.34. The Morgan fingerprint density at radius 2 is 1.83 bits per heavy atom. The van der Waals surface area contributed by atoms with E-state index in [1.165, 1.54) is 17.7 Å². The van der Waals surface area contributed by atoms with Gasteiger partial charge in [-0.15, -0.1) is 0 Å². The number of hydrazone groups is 1. The van der Waals surface area contributed by atoms with Crippen LogP contribution in [0.1, 0.15) is 49.0 Å². The molecule has 2 aromatic rings. The van der Waals surface area contributed by atoms with Crippen LogP contribution in [0.15, 0.2) is 47.6 Å². The van der Waals surface area contributed by atoms with Crippen LogP contribution in [0, 0.1) is 10.1 Å². The van der Waals surface area contributed by atoms with Crippen LogP contribution < -0.4 is 10.7 Å². The highest BCUT2D eigenvalue weighted by atomic mass is 35.5. The number of nitrogens with zero attached hydrogens (tertiary/aromatic N) is 2. The Kier molecular flexibility index (Phi) is 7.44. The minimum atomic E-state index is -0.631. The van der Waals surface area contributed by atoms with Gasteiger partial charge in [0.05, 0.1) is 21.9 Å². The Hall–Kier alpha value is -3.26. The van der Waals surface area contributed by atoms with E-state index in [2.05, 4.69) is 29.7 Å². The van der Waals surface area contributed by atoms with Gasteiger partial charge < -0.3 is 5.32 Å². The molecule has 0 bridgehead atoms. The smallest absolute Gasteiger partial charge is 0.272 e. The minimum Gasteiger partial charge on any atom is -0.326 e. The molecule has 0 radical (unpaired) electrons. The third-order valence-corrected chi connectivity index (χ3v) is 4.35. The largest absolute Gasteiger partial charge is 0.326 e. The zero-order valence-corrected chi connectivity index (χ0v) is 17.0. The lowest BCUT2D eigenvalue weighted by Gasteiger charge is -2.08. The van der Waals surface area contributed by atoms with E-state index in [1.54, 1.807) is 6.92 Å². The third-order valence-electron chi connectivity index (χ3n) is 4.03. The zero-order valence-electron chi connectivity index (χ0n) is 16.2. The van der Waals surface area contributed by atoms with Gasteiger partial charge in [0.15, 0.2) is 0 Å². The maximum atomic E-state index is 12.1. The molecule has 2 N–H and O–H groups in total.